The molecule has 0 spiro atoms. The van der Waals surface area contributed by atoms with Crippen molar-refractivity contribution in [3.05, 3.63) is 42.0 Å². The fourth-order valence-corrected chi connectivity index (χ4v) is 1.52. The minimum Gasteiger partial charge on any atom is -0.490 e. The van der Waals surface area contributed by atoms with E-state index < -0.39 is 0 Å². The summed E-state index contributed by atoms with van der Waals surface area (Å²) in [5, 5.41) is 0. The van der Waals surface area contributed by atoms with Gasteiger partial charge in [-0.3, -0.25) is 0 Å². The van der Waals surface area contributed by atoms with Gasteiger partial charge in [-0.2, -0.15) is 0 Å². The normalized spacial score (nSPS) is 12.0. The Hall–Kier alpha value is -1.28. The predicted octanol–water partition coefficient (Wildman–Crippen LogP) is 3.27. The van der Waals surface area contributed by atoms with Crippen LogP contribution in [-0.4, -0.2) is 13.2 Å². The SMILES string of the molecule is CCC(C)(C)c1ccc(OCC=CCN)cc1. The zero-order valence-corrected chi connectivity index (χ0v) is 11.1. The van der Waals surface area contributed by atoms with Crippen molar-refractivity contribution in [1.29, 1.82) is 0 Å². The second-order valence-electron chi connectivity index (χ2n) is 4.78. The fraction of sp³-hybridized carbons (Fsp3) is 0.467. The van der Waals surface area contributed by atoms with E-state index in [0.29, 0.717) is 13.2 Å². The van der Waals surface area contributed by atoms with E-state index in [2.05, 4.69) is 32.9 Å². The molecule has 0 amide bonds. The van der Waals surface area contributed by atoms with Gasteiger partial charge in [0.15, 0.2) is 0 Å². The number of hydrogen-bond donors (Lipinski definition) is 1. The highest BCUT2D eigenvalue weighted by Gasteiger charge is 2.17. The Balaban J connectivity index is 2.59. The summed E-state index contributed by atoms with van der Waals surface area (Å²) < 4.78 is 5.57. The maximum absolute atomic E-state index is 5.57. The molecule has 2 nitrogen and oxygen atoms in total. The first-order valence-electron chi connectivity index (χ1n) is 6.18. The van der Waals surface area contributed by atoms with Crippen LogP contribution in [-0.2, 0) is 5.41 Å². The molecule has 0 aliphatic heterocycles. The zero-order valence-electron chi connectivity index (χ0n) is 11.1. The van der Waals surface area contributed by atoms with Crippen molar-refractivity contribution in [2.75, 3.05) is 13.2 Å². The van der Waals surface area contributed by atoms with Crippen LogP contribution in [0.1, 0.15) is 32.8 Å². The van der Waals surface area contributed by atoms with Crippen LogP contribution in [0.5, 0.6) is 5.75 Å². The van der Waals surface area contributed by atoms with E-state index in [1.165, 1.54) is 5.56 Å². The molecule has 1 rings (SSSR count). The van der Waals surface area contributed by atoms with Crippen molar-refractivity contribution in [1.82, 2.24) is 0 Å². The van der Waals surface area contributed by atoms with Crippen molar-refractivity contribution in [2.45, 2.75) is 32.6 Å². The van der Waals surface area contributed by atoms with Crippen molar-refractivity contribution >= 4 is 0 Å². The molecule has 0 fully saturated rings. The van der Waals surface area contributed by atoms with Crippen molar-refractivity contribution < 1.29 is 4.74 Å². The topological polar surface area (TPSA) is 35.2 Å². The van der Waals surface area contributed by atoms with E-state index in [1.54, 1.807) is 0 Å². The molecule has 0 radical (unpaired) electrons. The van der Waals surface area contributed by atoms with Crippen LogP contribution in [0.25, 0.3) is 0 Å². The van der Waals surface area contributed by atoms with Gasteiger partial charge in [-0.25, -0.2) is 0 Å². The summed E-state index contributed by atoms with van der Waals surface area (Å²) in [7, 11) is 0. The third kappa shape index (κ3) is 4.23. The summed E-state index contributed by atoms with van der Waals surface area (Å²) in [6, 6.07) is 8.35. The van der Waals surface area contributed by atoms with Crippen molar-refractivity contribution in [3.63, 3.8) is 0 Å². The van der Waals surface area contributed by atoms with E-state index in [4.69, 9.17) is 10.5 Å². The van der Waals surface area contributed by atoms with Crippen LogP contribution >= 0.6 is 0 Å². The molecular formula is C15H23NO. The predicted molar refractivity (Wildman–Crippen MR) is 73.4 cm³/mol. The molecule has 0 bridgehead atoms. The molecule has 0 heterocycles. The standard InChI is InChI=1S/C15H23NO/c1-4-15(2,3)13-7-9-14(10-8-13)17-12-6-5-11-16/h5-10H,4,11-12,16H2,1-3H3. The summed E-state index contributed by atoms with van der Waals surface area (Å²) in [5.41, 5.74) is 6.93. The molecule has 17 heavy (non-hydrogen) atoms. The molecular weight excluding hydrogens is 210 g/mol. The Labute approximate surface area is 104 Å². The Bertz CT molecular complexity index is 352. The number of benzene rings is 1. The lowest BCUT2D eigenvalue weighted by Crippen LogP contribution is -2.15. The lowest BCUT2D eigenvalue weighted by atomic mass is 9.82. The summed E-state index contributed by atoms with van der Waals surface area (Å²) in [6.07, 6.45) is 4.96. The first-order valence-corrected chi connectivity index (χ1v) is 6.18. The molecule has 94 valence electrons. The number of rotatable bonds is 6. The number of hydrogen-bond acceptors (Lipinski definition) is 2. The lowest BCUT2D eigenvalue weighted by Gasteiger charge is -2.23. The average Bonchev–Trinajstić information content (AvgIpc) is 2.35. The first kappa shape index (κ1) is 13.8. The Kier molecular flexibility index (Phi) is 5.23. The molecule has 0 saturated carbocycles. The van der Waals surface area contributed by atoms with Crippen LogP contribution in [0.3, 0.4) is 0 Å². The second kappa shape index (κ2) is 6.45. The second-order valence-corrected chi connectivity index (χ2v) is 4.78. The number of ether oxygens (including phenoxy) is 1. The van der Waals surface area contributed by atoms with Gasteiger partial charge in [0.2, 0.25) is 0 Å². The maximum atomic E-state index is 5.57. The molecule has 2 heteroatoms. The molecule has 2 N–H and O–H groups in total. The van der Waals surface area contributed by atoms with Gasteiger partial charge < -0.3 is 10.5 Å². The van der Waals surface area contributed by atoms with Gasteiger partial charge >= 0.3 is 0 Å². The average molecular weight is 233 g/mol. The van der Waals surface area contributed by atoms with Crippen LogP contribution in [0.15, 0.2) is 36.4 Å². The smallest absolute Gasteiger partial charge is 0.119 e. The van der Waals surface area contributed by atoms with Crippen LogP contribution in [0.4, 0.5) is 0 Å². The largest absolute Gasteiger partial charge is 0.490 e. The summed E-state index contributed by atoms with van der Waals surface area (Å²) in [4.78, 5) is 0. The third-order valence-corrected chi connectivity index (χ3v) is 3.17. The molecule has 0 atom stereocenters. The van der Waals surface area contributed by atoms with Crippen molar-refractivity contribution in [3.8, 4) is 5.75 Å². The van der Waals surface area contributed by atoms with Crippen molar-refractivity contribution in [2.24, 2.45) is 5.73 Å². The maximum Gasteiger partial charge on any atom is 0.119 e. The van der Waals surface area contributed by atoms with Crippen LogP contribution in [0.2, 0.25) is 0 Å². The lowest BCUT2D eigenvalue weighted by molar-refractivity contribution is 0.362. The van der Waals surface area contributed by atoms with Gasteiger partial charge in [0, 0.05) is 6.54 Å². The minimum atomic E-state index is 0.234. The Morgan fingerprint density at radius 2 is 1.82 bits per heavy atom. The molecule has 0 aromatic heterocycles. The minimum absolute atomic E-state index is 0.234. The highest BCUT2D eigenvalue weighted by atomic mass is 16.5. The molecule has 1 aromatic carbocycles. The van der Waals surface area contributed by atoms with E-state index in [-0.39, 0.29) is 5.41 Å². The van der Waals surface area contributed by atoms with Crippen LogP contribution < -0.4 is 10.5 Å². The molecule has 0 unspecified atom stereocenters. The zero-order chi connectivity index (χ0) is 12.7. The molecule has 1 aromatic rings. The summed E-state index contributed by atoms with van der Waals surface area (Å²) in [5.74, 6) is 0.905. The van der Waals surface area contributed by atoms with Gasteiger partial charge in [0.1, 0.15) is 12.4 Å². The number of nitrogens with two attached hydrogens (primary N) is 1. The van der Waals surface area contributed by atoms with E-state index in [1.807, 2.05) is 24.3 Å². The highest BCUT2D eigenvalue weighted by molar-refractivity contribution is 5.31. The molecule has 0 saturated heterocycles. The van der Waals surface area contributed by atoms with Crippen LogP contribution in [0, 0.1) is 0 Å². The molecule has 0 aliphatic rings. The summed E-state index contributed by atoms with van der Waals surface area (Å²) in [6.45, 7) is 7.86. The highest BCUT2D eigenvalue weighted by Crippen LogP contribution is 2.27. The Morgan fingerprint density at radius 3 is 2.35 bits per heavy atom. The first-order chi connectivity index (χ1) is 8.10. The fourth-order valence-electron chi connectivity index (χ4n) is 1.52. The van der Waals surface area contributed by atoms with E-state index in [0.717, 1.165) is 12.2 Å². The van der Waals surface area contributed by atoms with Gasteiger partial charge in [-0.05, 0) is 29.5 Å². The van der Waals surface area contributed by atoms with Gasteiger partial charge in [-0.15, -0.1) is 0 Å². The van der Waals surface area contributed by atoms with E-state index in [9.17, 15) is 0 Å². The quantitative estimate of drug-likeness (QED) is 0.765. The summed E-state index contributed by atoms with van der Waals surface area (Å²) >= 11 is 0. The molecule has 0 aliphatic carbocycles. The van der Waals surface area contributed by atoms with E-state index >= 15 is 0 Å². The Morgan fingerprint density at radius 1 is 1.18 bits per heavy atom. The third-order valence-electron chi connectivity index (χ3n) is 3.17. The van der Waals surface area contributed by atoms with Gasteiger partial charge in [-0.1, -0.05) is 45.1 Å². The van der Waals surface area contributed by atoms with Gasteiger partial charge in [0.25, 0.3) is 0 Å². The monoisotopic (exact) mass is 233 g/mol. The van der Waals surface area contributed by atoms with Gasteiger partial charge in [0.05, 0.1) is 0 Å².